The van der Waals surface area contributed by atoms with Gasteiger partial charge in [-0.15, -0.1) is 11.8 Å². The summed E-state index contributed by atoms with van der Waals surface area (Å²) in [5.74, 6) is 1.44. The standard InChI is InChI=1S/C16H16ClNO2S/c1-10(19)11-3-6-15(20-2)12(7-11)9-21-16-8-13(17)4-5-14(16)18/h3-8H,9,18H2,1-2H3. The number of Topliss-reactive ketones (excluding diaryl/α,β-unsaturated/α-hetero) is 1. The Bertz CT molecular complexity index is 673. The van der Waals surface area contributed by atoms with Crippen LogP contribution in [-0.4, -0.2) is 12.9 Å². The molecule has 110 valence electrons. The van der Waals surface area contributed by atoms with Gasteiger partial charge in [-0.25, -0.2) is 0 Å². The molecule has 0 amide bonds. The van der Waals surface area contributed by atoms with Gasteiger partial charge in [-0.3, -0.25) is 4.79 Å². The smallest absolute Gasteiger partial charge is 0.159 e. The number of anilines is 1. The molecule has 0 heterocycles. The molecule has 0 fully saturated rings. The topological polar surface area (TPSA) is 52.3 Å². The first-order chi connectivity index (χ1) is 10.0. The quantitative estimate of drug-likeness (QED) is 0.503. The number of nitrogens with two attached hydrogens (primary N) is 1. The number of carbonyl (C=O) groups is 1. The highest BCUT2D eigenvalue weighted by Crippen LogP contribution is 2.33. The van der Waals surface area contributed by atoms with Crippen LogP contribution in [0.3, 0.4) is 0 Å². The summed E-state index contributed by atoms with van der Waals surface area (Å²) in [6, 6.07) is 10.8. The molecule has 21 heavy (non-hydrogen) atoms. The zero-order chi connectivity index (χ0) is 15.4. The molecular weight excluding hydrogens is 306 g/mol. The van der Waals surface area contributed by atoms with Gasteiger partial charge >= 0.3 is 0 Å². The van der Waals surface area contributed by atoms with E-state index in [2.05, 4.69) is 0 Å². The molecule has 2 aromatic carbocycles. The van der Waals surface area contributed by atoms with E-state index in [4.69, 9.17) is 22.1 Å². The maximum Gasteiger partial charge on any atom is 0.159 e. The number of rotatable bonds is 5. The van der Waals surface area contributed by atoms with E-state index in [0.717, 1.165) is 16.2 Å². The number of ketones is 1. The Balaban J connectivity index is 2.24. The number of halogens is 1. The molecule has 0 unspecified atom stereocenters. The average molecular weight is 322 g/mol. The van der Waals surface area contributed by atoms with Crippen LogP contribution in [0.1, 0.15) is 22.8 Å². The van der Waals surface area contributed by atoms with Crippen molar-refractivity contribution < 1.29 is 9.53 Å². The second-order valence-electron chi connectivity index (χ2n) is 4.55. The van der Waals surface area contributed by atoms with Crippen molar-refractivity contribution in [2.75, 3.05) is 12.8 Å². The zero-order valence-electron chi connectivity index (χ0n) is 11.9. The lowest BCUT2D eigenvalue weighted by molar-refractivity contribution is 0.101. The van der Waals surface area contributed by atoms with E-state index in [0.29, 0.717) is 22.0 Å². The van der Waals surface area contributed by atoms with Gasteiger partial charge < -0.3 is 10.5 Å². The molecule has 0 atom stereocenters. The van der Waals surface area contributed by atoms with Crippen LogP contribution in [0.4, 0.5) is 5.69 Å². The molecule has 5 heteroatoms. The summed E-state index contributed by atoms with van der Waals surface area (Å²) in [7, 11) is 1.62. The third-order valence-electron chi connectivity index (χ3n) is 3.05. The SMILES string of the molecule is COc1ccc(C(C)=O)cc1CSc1cc(Cl)ccc1N. The highest BCUT2D eigenvalue weighted by Gasteiger charge is 2.09. The van der Waals surface area contributed by atoms with Gasteiger partial charge in [0.15, 0.2) is 5.78 Å². The fourth-order valence-corrected chi connectivity index (χ4v) is 3.12. The summed E-state index contributed by atoms with van der Waals surface area (Å²) in [5, 5.41) is 0.649. The molecule has 0 aliphatic carbocycles. The van der Waals surface area contributed by atoms with E-state index >= 15 is 0 Å². The summed E-state index contributed by atoms with van der Waals surface area (Å²) in [5.41, 5.74) is 8.25. The summed E-state index contributed by atoms with van der Waals surface area (Å²) < 4.78 is 5.34. The second kappa shape index (κ2) is 6.87. The van der Waals surface area contributed by atoms with E-state index in [9.17, 15) is 4.79 Å². The van der Waals surface area contributed by atoms with Crippen molar-refractivity contribution in [3.05, 3.63) is 52.5 Å². The van der Waals surface area contributed by atoms with Crippen molar-refractivity contribution in [3.63, 3.8) is 0 Å². The van der Waals surface area contributed by atoms with Gasteiger partial charge in [-0.1, -0.05) is 11.6 Å². The van der Waals surface area contributed by atoms with Crippen LogP contribution >= 0.6 is 23.4 Å². The molecule has 0 radical (unpaired) electrons. The van der Waals surface area contributed by atoms with E-state index in [-0.39, 0.29) is 5.78 Å². The molecule has 2 aromatic rings. The Hall–Kier alpha value is -1.65. The molecule has 0 aliphatic heterocycles. The Morgan fingerprint density at radius 3 is 2.71 bits per heavy atom. The van der Waals surface area contributed by atoms with Crippen molar-refractivity contribution in [2.45, 2.75) is 17.6 Å². The van der Waals surface area contributed by atoms with E-state index in [1.165, 1.54) is 0 Å². The van der Waals surface area contributed by atoms with E-state index in [1.807, 2.05) is 18.2 Å². The first-order valence-electron chi connectivity index (χ1n) is 6.37. The predicted octanol–water partition coefficient (Wildman–Crippen LogP) is 4.43. The Labute approximate surface area is 133 Å². The maximum absolute atomic E-state index is 11.5. The highest BCUT2D eigenvalue weighted by atomic mass is 35.5. The monoisotopic (exact) mass is 321 g/mol. The number of ether oxygens (including phenoxy) is 1. The molecule has 0 aliphatic rings. The molecule has 0 aromatic heterocycles. The summed E-state index contributed by atoms with van der Waals surface area (Å²) in [6.07, 6.45) is 0. The predicted molar refractivity (Wildman–Crippen MR) is 88.4 cm³/mol. The molecule has 2 N–H and O–H groups in total. The fourth-order valence-electron chi connectivity index (χ4n) is 1.90. The largest absolute Gasteiger partial charge is 0.496 e. The number of methoxy groups -OCH3 is 1. The Morgan fingerprint density at radius 2 is 2.05 bits per heavy atom. The minimum atomic E-state index is 0.0335. The zero-order valence-corrected chi connectivity index (χ0v) is 13.4. The van der Waals surface area contributed by atoms with Gasteiger partial charge in [0.25, 0.3) is 0 Å². The molecule has 2 rings (SSSR count). The van der Waals surface area contributed by atoms with Gasteiger partial charge in [-0.05, 0) is 43.3 Å². The van der Waals surface area contributed by atoms with Crippen molar-refractivity contribution in [1.29, 1.82) is 0 Å². The first-order valence-corrected chi connectivity index (χ1v) is 7.73. The van der Waals surface area contributed by atoms with Gasteiger partial charge in [-0.2, -0.15) is 0 Å². The Kier molecular flexibility index (Phi) is 5.15. The van der Waals surface area contributed by atoms with Crippen molar-refractivity contribution >= 4 is 34.8 Å². The lowest BCUT2D eigenvalue weighted by Gasteiger charge is -2.11. The fraction of sp³-hybridized carbons (Fsp3) is 0.188. The van der Waals surface area contributed by atoms with Crippen LogP contribution in [0.15, 0.2) is 41.3 Å². The molecule has 0 bridgehead atoms. The van der Waals surface area contributed by atoms with Crippen molar-refractivity contribution in [2.24, 2.45) is 0 Å². The van der Waals surface area contributed by atoms with Crippen LogP contribution in [0, 0.1) is 0 Å². The molecule has 0 saturated carbocycles. The molecular formula is C16H16ClNO2S. The van der Waals surface area contributed by atoms with Crippen LogP contribution in [0.2, 0.25) is 5.02 Å². The second-order valence-corrected chi connectivity index (χ2v) is 6.01. The number of thioether (sulfide) groups is 1. The van der Waals surface area contributed by atoms with Gasteiger partial charge in [0.05, 0.1) is 7.11 Å². The van der Waals surface area contributed by atoms with Crippen LogP contribution in [0.25, 0.3) is 0 Å². The minimum absolute atomic E-state index is 0.0335. The van der Waals surface area contributed by atoms with Gasteiger partial charge in [0, 0.05) is 32.5 Å². The number of nitrogen functional groups attached to an aromatic ring is 1. The normalized spacial score (nSPS) is 10.4. The molecule has 0 saturated heterocycles. The summed E-state index contributed by atoms with van der Waals surface area (Å²) in [4.78, 5) is 12.4. The van der Waals surface area contributed by atoms with Gasteiger partial charge in [0.1, 0.15) is 5.75 Å². The number of carbonyl (C=O) groups excluding carboxylic acids is 1. The van der Waals surface area contributed by atoms with Gasteiger partial charge in [0.2, 0.25) is 0 Å². The summed E-state index contributed by atoms with van der Waals surface area (Å²) >= 11 is 7.55. The molecule has 0 spiro atoms. The van der Waals surface area contributed by atoms with Crippen molar-refractivity contribution in [1.82, 2.24) is 0 Å². The van der Waals surface area contributed by atoms with Crippen LogP contribution in [0.5, 0.6) is 5.75 Å². The summed E-state index contributed by atoms with van der Waals surface area (Å²) in [6.45, 7) is 1.55. The minimum Gasteiger partial charge on any atom is -0.496 e. The highest BCUT2D eigenvalue weighted by molar-refractivity contribution is 7.98. The number of benzene rings is 2. The third kappa shape index (κ3) is 3.93. The third-order valence-corrected chi connectivity index (χ3v) is 4.40. The van der Waals surface area contributed by atoms with Crippen LogP contribution < -0.4 is 10.5 Å². The maximum atomic E-state index is 11.5. The first kappa shape index (κ1) is 15.7. The Morgan fingerprint density at radius 1 is 1.29 bits per heavy atom. The average Bonchev–Trinajstić information content (AvgIpc) is 2.47. The lowest BCUT2D eigenvalue weighted by Crippen LogP contribution is -1.97. The number of hydrogen-bond donors (Lipinski definition) is 1. The van der Waals surface area contributed by atoms with E-state index in [1.54, 1.807) is 44.0 Å². The lowest BCUT2D eigenvalue weighted by atomic mass is 10.1. The number of hydrogen-bond acceptors (Lipinski definition) is 4. The van der Waals surface area contributed by atoms with E-state index < -0.39 is 0 Å². The molecule has 3 nitrogen and oxygen atoms in total. The van der Waals surface area contributed by atoms with Crippen LogP contribution in [-0.2, 0) is 5.75 Å². The van der Waals surface area contributed by atoms with Crippen molar-refractivity contribution in [3.8, 4) is 5.75 Å².